The monoisotopic (exact) mass is 461 g/mol. The van der Waals surface area contributed by atoms with E-state index >= 15 is 0 Å². The van der Waals surface area contributed by atoms with Gasteiger partial charge in [0.1, 0.15) is 24.3 Å². The van der Waals surface area contributed by atoms with E-state index in [9.17, 15) is 9.90 Å². The lowest BCUT2D eigenvalue weighted by atomic mass is 10.1. The predicted molar refractivity (Wildman–Crippen MR) is 129 cm³/mol. The Bertz CT molecular complexity index is 1270. The van der Waals surface area contributed by atoms with Crippen LogP contribution in [-0.4, -0.2) is 39.8 Å². The highest BCUT2D eigenvalue weighted by Crippen LogP contribution is 2.33. The lowest BCUT2D eigenvalue weighted by molar-refractivity contribution is -0.117. The smallest absolute Gasteiger partial charge is 0.227 e. The molecule has 2 heterocycles. The second kappa shape index (κ2) is 9.25. The minimum absolute atomic E-state index is 0.0678. The number of carbonyl (C=O) groups is 1. The van der Waals surface area contributed by atoms with E-state index in [0.717, 1.165) is 22.5 Å². The molecule has 1 aliphatic heterocycles. The third-order valence-corrected chi connectivity index (χ3v) is 6.22. The number of nitrogens with zero attached hydrogens (tertiary/aromatic N) is 3. The number of aromatic nitrogens is 2. The summed E-state index contributed by atoms with van der Waals surface area (Å²) in [5, 5.41) is 11.3. The second-order valence-electron chi connectivity index (χ2n) is 8.21. The van der Waals surface area contributed by atoms with Gasteiger partial charge in [-0.25, -0.2) is 4.98 Å². The Labute approximate surface area is 197 Å². The van der Waals surface area contributed by atoms with Crippen molar-refractivity contribution in [3.05, 3.63) is 89.7 Å². The SMILES string of the molecule is O=C1CC(c2nc3ccccc3n2CC(O)COc2ccccc2Cl)CN1c1ccccc1. The Morgan fingerprint density at radius 3 is 2.58 bits per heavy atom. The Balaban J connectivity index is 1.39. The molecule has 1 amide bonds. The number of halogens is 1. The van der Waals surface area contributed by atoms with Gasteiger partial charge < -0.3 is 19.3 Å². The summed E-state index contributed by atoms with van der Waals surface area (Å²) in [4.78, 5) is 19.5. The van der Waals surface area contributed by atoms with E-state index in [1.807, 2.05) is 76.2 Å². The van der Waals surface area contributed by atoms with Crippen LogP contribution in [0.3, 0.4) is 0 Å². The molecule has 0 radical (unpaired) electrons. The molecule has 0 bridgehead atoms. The molecule has 6 nitrogen and oxygen atoms in total. The van der Waals surface area contributed by atoms with E-state index in [2.05, 4.69) is 0 Å². The minimum atomic E-state index is -0.778. The number of aliphatic hydroxyl groups is 1. The fraction of sp³-hybridized carbons (Fsp3) is 0.231. The van der Waals surface area contributed by atoms with Crippen molar-refractivity contribution in [3.63, 3.8) is 0 Å². The number of benzene rings is 3. The number of aliphatic hydroxyl groups excluding tert-OH is 1. The third kappa shape index (κ3) is 4.45. The fourth-order valence-corrected chi connectivity index (χ4v) is 4.54. The highest BCUT2D eigenvalue weighted by atomic mass is 35.5. The Kier molecular flexibility index (Phi) is 6.03. The maximum Gasteiger partial charge on any atom is 0.227 e. The van der Waals surface area contributed by atoms with Crippen molar-refractivity contribution in [3.8, 4) is 5.75 Å². The van der Waals surface area contributed by atoms with Gasteiger partial charge in [0.2, 0.25) is 5.91 Å². The normalized spacial score (nSPS) is 17.0. The highest BCUT2D eigenvalue weighted by molar-refractivity contribution is 6.32. The largest absolute Gasteiger partial charge is 0.489 e. The van der Waals surface area contributed by atoms with E-state index in [-0.39, 0.29) is 18.4 Å². The van der Waals surface area contributed by atoms with Crippen molar-refractivity contribution in [2.45, 2.75) is 25.0 Å². The van der Waals surface area contributed by atoms with Crippen LogP contribution in [0.15, 0.2) is 78.9 Å². The van der Waals surface area contributed by atoms with Crippen LogP contribution in [0.4, 0.5) is 5.69 Å². The third-order valence-electron chi connectivity index (χ3n) is 5.90. The van der Waals surface area contributed by atoms with E-state index < -0.39 is 6.10 Å². The summed E-state index contributed by atoms with van der Waals surface area (Å²) in [7, 11) is 0. The van der Waals surface area contributed by atoms with Gasteiger partial charge in [0.25, 0.3) is 0 Å². The van der Waals surface area contributed by atoms with E-state index in [1.54, 1.807) is 12.1 Å². The van der Waals surface area contributed by atoms with Crippen molar-refractivity contribution in [2.75, 3.05) is 18.1 Å². The molecule has 7 heteroatoms. The standard InChI is InChI=1S/C26H24ClN3O3/c27-21-10-4-7-13-24(21)33-17-20(31)16-30-23-12-6-5-11-22(23)28-26(30)18-14-25(32)29(15-18)19-8-2-1-3-9-19/h1-13,18,20,31H,14-17H2. The lowest BCUT2D eigenvalue weighted by Gasteiger charge is -2.19. The summed E-state index contributed by atoms with van der Waals surface area (Å²) in [5.74, 6) is 1.35. The molecular formula is C26H24ClN3O3. The van der Waals surface area contributed by atoms with Gasteiger partial charge in [-0.15, -0.1) is 0 Å². The molecule has 2 atom stereocenters. The topological polar surface area (TPSA) is 67.6 Å². The van der Waals surface area contributed by atoms with Crippen LogP contribution in [0.2, 0.25) is 5.02 Å². The first-order chi connectivity index (χ1) is 16.1. The van der Waals surface area contributed by atoms with Gasteiger partial charge in [-0.2, -0.15) is 0 Å². The van der Waals surface area contributed by atoms with Crippen LogP contribution in [0.1, 0.15) is 18.2 Å². The number of para-hydroxylation sites is 4. The van der Waals surface area contributed by atoms with Gasteiger partial charge in [0.05, 0.1) is 22.6 Å². The van der Waals surface area contributed by atoms with Gasteiger partial charge in [-0.3, -0.25) is 4.79 Å². The molecule has 2 unspecified atom stereocenters. The van der Waals surface area contributed by atoms with E-state index in [4.69, 9.17) is 21.3 Å². The van der Waals surface area contributed by atoms with Gasteiger partial charge in [-0.05, 0) is 36.4 Å². The molecule has 1 N–H and O–H groups in total. The van der Waals surface area contributed by atoms with Gasteiger partial charge in [0.15, 0.2) is 0 Å². The van der Waals surface area contributed by atoms with Crippen molar-refractivity contribution in [1.29, 1.82) is 0 Å². The first kappa shape index (κ1) is 21.5. The summed E-state index contributed by atoms with van der Waals surface area (Å²) in [6.07, 6.45) is -0.398. The average molecular weight is 462 g/mol. The molecule has 1 saturated heterocycles. The number of imidazole rings is 1. The zero-order valence-corrected chi connectivity index (χ0v) is 18.7. The highest BCUT2D eigenvalue weighted by Gasteiger charge is 2.35. The predicted octanol–water partition coefficient (Wildman–Crippen LogP) is 4.65. The van der Waals surface area contributed by atoms with Crippen molar-refractivity contribution >= 4 is 34.2 Å². The maximum atomic E-state index is 12.8. The molecule has 4 aromatic rings. The van der Waals surface area contributed by atoms with Crippen molar-refractivity contribution in [1.82, 2.24) is 9.55 Å². The molecule has 3 aromatic carbocycles. The van der Waals surface area contributed by atoms with E-state index in [0.29, 0.717) is 30.3 Å². The quantitative estimate of drug-likeness (QED) is 0.435. The van der Waals surface area contributed by atoms with Crippen LogP contribution in [0.5, 0.6) is 5.75 Å². The van der Waals surface area contributed by atoms with Gasteiger partial charge in [0, 0.05) is 24.6 Å². The molecule has 0 aliphatic carbocycles. The van der Waals surface area contributed by atoms with Crippen molar-refractivity contribution in [2.24, 2.45) is 0 Å². The number of carbonyl (C=O) groups excluding carboxylic acids is 1. The van der Waals surface area contributed by atoms with Crippen LogP contribution in [0, 0.1) is 0 Å². The Morgan fingerprint density at radius 1 is 1.03 bits per heavy atom. The number of hydrogen-bond donors (Lipinski definition) is 1. The van der Waals surface area contributed by atoms with E-state index in [1.165, 1.54) is 0 Å². The molecule has 168 valence electrons. The first-order valence-corrected chi connectivity index (χ1v) is 11.3. The minimum Gasteiger partial charge on any atom is -0.489 e. The number of amides is 1. The molecule has 1 fully saturated rings. The Morgan fingerprint density at radius 2 is 1.76 bits per heavy atom. The maximum absolute atomic E-state index is 12.8. The second-order valence-corrected chi connectivity index (χ2v) is 8.61. The summed E-state index contributed by atoms with van der Waals surface area (Å²) in [6, 6.07) is 24.7. The summed E-state index contributed by atoms with van der Waals surface area (Å²) < 4.78 is 7.75. The zero-order valence-electron chi connectivity index (χ0n) is 18.0. The van der Waals surface area contributed by atoms with Crippen molar-refractivity contribution < 1.29 is 14.6 Å². The number of hydrogen-bond acceptors (Lipinski definition) is 4. The average Bonchev–Trinajstić information content (AvgIpc) is 3.40. The summed E-state index contributed by atoms with van der Waals surface area (Å²) in [6.45, 7) is 0.949. The lowest BCUT2D eigenvalue weighted by Crippen LogP contribution is -2.26. The Hall–Kier alpha value is -3.35. The number of rotatable bonds is 7. The first-order valence-electron chi connectivity index (χ1n) is 11.0. The van der Waals surface area contributed by atoms with Gasteiger partial charge in [-0.1, -0.05) is 54.1 Å². The fourth-order valence-electron chi connectivity index (χ4n) is 4.35. The van der Waals surface area contributed by atoms with Gasteiger partial charge >= 0.3 is 0 Å². The number of anilines is 1. The molecule has 0 saturated carbocycles. The molecule has 1 aromatic heterocycles. The van der Waals surface area contributed by atoms with Crippen LogP contribution in [0.25, 0.3) is 11.0 Å². The molecular weight excluding hydrogens is 438 g/mol. The van der Waals surface area contributed by atoms with Crippen LogP contribution >= 0.6 is 11.6 Å². The molecule has 33 heavy (non-hydrogen) atoms. The summed E-state index contributed by atoms with van der Waals surface area (Å²) in [5.41, 5.74) is 2.66. The zero-order chi connectivity index (χ0) is 22.8. The number of ether oxygens (including phenoxy) is 1. The molecule has 5 rings (SSSR count). The molecule has 0 spiro atoms. The van der Waals surface area contributed by atoms with Crippen LogP contribution < -0.4 is 9.64 Å². The number of fused-ring (bicyclic) bond motifs is 1. The molecule has 1 aliphatic rings. The van der Waals surface area contributed by atoms with Crippen LogP contribution in [-0.2, 0) is 11.3 Å². The summed E-state index contributed by atoms with van der Waals surface area (Å²) >= 11 is 6.16.